The predicted octanol–water partition coefficient (Wildman–Crippen LogP) is 0.785. The van der Waals surface area contributed by atoms with Crippen molar-refractivity contribution in [1.29, 1.82) is 0 Å². The Labute approximate surface area is 95.6 Å². The van der Waals surface area contributed by atoms with E-state index in [0.717, 1.165) is 23.3 Å². The van der Waals surface area contributed by atoms with Crippen LogP contribution >= 0.6 is 0 Å². The molecule has 0 aliphatic rings. The molecule has 1 unspecified atom stereocenters. The van der Waals surface area contributed by atoms with Crippen LogP contribution in [0.1, 0.15) is 24.0 Å². The van der Waals surface area contributed by atoms with Gasteiger partial charge in [-0.05, 0) is 23.6 Å². The first-order valence-corrected chi connectivity index (χ1v) is 5.30. The number of rotatable bonds is 5. The topological polar surface area (TPSA) is 78.3 Å². The van der Waals surface area contributed by atoms with Gasteiger partial charge in [-0.2, -0.15) is 0 Å². The van der Waals surface area contributed by atoms with Gasteiger partial charge < -0.3 is 16.2 Å². The van der Waals surface area contributed by atoms with Gasteiger partial charge in [0.2, 0.25) is 5.91 Å². The SMILES string of the molecule is CCc1cc(C(CN)C(N)=O)ccc1OC. The standard InChI is InChI=1S/C12H18N2O2/c1-3-8-6-9(4-5-11(8)16-2)10(7-13)12(14)15/h4-6,10H,3,7,13H2,1-2H3,(H2,14,15). The molecule has 1 amide bonds. The van der Waals surface area contributed by atoms with Crippen LogP contribution in [0.5, 0.6) is 5.75 Å². The fraction of sp³-hybridized carbons (Fsp3) is 0.417. The average molecular weight is 222 g/mol. The molecule has 0 saturated carbocycles. The maximum absolute atomic E-state index is 11.2. The number of primary amides is 1. The zero-order chi connectivity index (χ0) is 12.1. The third-order valence-corrected chi connectivity index (χ3v) is 2.67. The largest absolute Gasteiger partial charge is 0.496 e. The fourth-order valence-electron chi connectivity index (χ4n) is 1.71. The summed E-state index contributed by atoms with van der Waals surface area (Å²) in [5, 5.41) is 0. The van der Waals surface area contributed by atoms with E-state index in [4.69, 9.17) is 16.2 Å². The molecule has 0 spiro atoms. The summed E-state index contributed by atoms with van der Waals surface area (Å²) >= 11 is 0. The lowest BCUT2D eigenvalue weighted by atomic mass is 9.95. The summed E-state index contributed by atoms with van der Waals surface area (Å²) in [5.74, 6) is 0.0115. The number of carbonyl (C=O) groups is 1. The van der Waals surface area contributed by atoms with Crippen molar-refractivity contribution in [3.8, 4) is 5.75 Å². The molecule has 4 heteroatoms. The van der Waals surface area contributed by atoms with Crippen LogP contribution in [0.15, 0.2) is 18.2 Å². The minimum absolute atomic E-state index is 0.227. The van der Waals surface area contributed by atoms with Crippen LogP contribution in [0.4, 0.5) is 0 Å². The second-order valence-corrected chi connectivity index (χ2v) is 3.62. The molecule has 0 bridgehead atoms. The number of aryl methyl sites for hydroxylation is 1. The van der Waals surface area contributed by atoms with Crippen molar-refractivity contribution >= 4 is 5.91 Å². The van der Waals surface area contributed by atoms with Crippen LogP contribution in [0, 0.1) is 0 Å². The van der Waals surface area contributed by atoms with E-state index in [1.54, 1.807) is 7.11 Å². The zero-order valence-corrected chi connectivity index (χ0v) is 9.69. The number of ether oxygens (including phenoxy) is 1. The Kier molecular flexibility index (Phi) is 4.31. The van der Waals surface area contributed by atoms with Crippen LogP contribution in [0.2, 0.25) is 0 Å². The van der Waals surface area contributed by atoms with Crippen molar-refractivity contribution in [3.63, 3.8) is 0 Å². The summed E-state index contributed by atoms with van der Waals surface area (Å²) in [5.41, 5.74) is 12.7. The fourth-order valence-corrected chi connectivity index (χ4v) is 1.71. The number of amides is 1. The Hall–Kier alpha value is -1.55. The Balaban J connectivity index is 3.11. The molecule has 4 N–H and O–H groups in total. The molecule has 88 valence electrons. The molecular formula is C12H18N2O2. The number of hydrogen-bond donors (Lipinski definition) is 2. The van der Waals surface area contributed by atoms with Crippen molar-refractivity contribution < 1.29 is 9.53 Å². The second-order valence-electron chi connectivity index (χ2n) is 3.62. The Morgan fingerprint density at radius 2 is 2.19 bits per heavy atom. The van der Waals surface area contributed by atoms with Gasteiger partial charge in [0, 0.05) is 6.54 Å². The first-order chi connectivity index (χ1) is 7.63. The molecule has 0 radical (unpaired) electrons. The molecule has 0 aliphatic carbocycles. The molecule has 1 aromatic rings. The maximum Gasteiger partial charge on any atom is 0.226 e. The van der Waals surface area contributed by atoms with E-state index in [9.17, 15) is 4.79 Å². The van der Waals surface area contributed by atoms with Crippen LogP contribution in [-0.4, -0.2) is 19.6 Å². The van der Waals surface area contributed by atoms with Gasteiger partial charge in [0.05, 0.1) is 13.0 Å². The molecule has 0 aliphatic heterocycles. The van der Waals surface area contributed by atoms with Gasteiger partial charge in [-0.15, -0.1) is 0 Å². The lowest BCUT2D eigenvalue weighted by Crippen LogP contribution is -2.27. The lowest BCUT2D eigenvalue weighted by molar-refractivity contribution is -0.119. The second kappa shape index (κ2) is 5.51. The number of nitrogens with two attached hydrogens (primary N) is 2. The minimum atomic E-state index is -0.420. The average Bonchev–Trinajstić information content (AvgIpc) is 2.29. The number of benzene rings is 1. The van der Waals surface area contributed by atoms with Gasteiger partial charge in [0.1, 0.15) is 5.75 Å². The highest BCUT2D eigenvalue weighted by atomic mass is 16.5. The molecule has 4 nitrogen and oxygen atoms in total. The van der Waals surface area contributed by atoms with Gasteiger partial charge in [-0.1, -0.05) is 19.1 Å². The lowest BCUT2D eigenvalue weighted by Gasteiger charge is -2.14. The highest BCUT2D eigenvalue weighted by molar-refractivity contribution is 5.82. The van der Waals surface area contributed by atoms with Crippen LogP contribution in [0.3, 0.4) is 0 Å². The minimum Gasteiger partial charge on any atom is -0.496 e. The van der Waals surface area contributed by atoms with E-state index in [0.29, 0.717) is 0 Å². The summed E-state index contributed by atoms with van der Waals surface area (Å²) in [7, 11) is 1.63. The molecule has 1 atom stereocenters. The molecular weight excluding hydrogens is 204 g/mol. The highest BCUT2D eigenvalue weighted by Gasteiger charge is 2.17. The van der Waals surface area contributed by atoms with E-state index < -0.39 is 11.8 Å². The molecule has 1 rings (SSSR count). The van der Waals surface area contributed by atoms with Crippen molar-refractivity contribution in [3.05, 3.63) is 29.3 Å². The predicted molar refractivity (Wildman–Crippen MR) is 63.4 cm³/mol. The zero-order valence-electron chi connectivity index (χ0n) is 9.69. The van der Waals surface area contributed by atoms with E-state index >= 15 is 0 Å². The number of hydrogen-bond acceptors (Lipinski definition) is 3. The van der Waals surface area contributed by atoms with Crippen LogP contribution in [-0.2, 0) is 11.2 Å². The molecule has 0 aromatic heterocycles. The summed E-state index contributed by atoms with van der Waals surface area (Å²) in [6.45, 7) is 2.26. The third-order valence-electron chi connectivity index (χ3n) is 2.67. The molecule has 0 heterocycles. The monoisotopic (exact) mass is 222 g/mol. The summed E-state index contributed by atoms with van der Waals surface area (Å²) in [4.78, 5) is 11.2. The van der Waals surface area contributed by atoms with Crippen molar-refractivity contribution in [2.24, 2.45) is 11.5 Å². The molecule has 0 saturated heterocycles. The van der Waals surface area contributed by atoms with E-state index in [1.807, 2.05) is 25.1 Å². The first kappa shape index (κ1) is 12.5. The number of methoxy groups -OCH3 is 1. The van der Waals surface area contributed by atoms with Gasteiger partial charge in [0.25, 0.3) is 0 Å². The Bertz CT molecular complexity index is 377. The van der Waals surface area contributed by atoms with Gasteiger partial charge in [-0.3, -0.25) is 4.79 Å². The van der Waals surface area contributed by atoms with Crippen molar-refractivity contribution in [1.82, 2.24) is 0 Å². The quantitative estimate of drug-likeness (QED) is 0.773. The van der Waals surface area contributed by atoms with E-state index in [2.05, 4.69) is 0 Å². The Morgan fingerprint density at radius 3 is 2.62 bits per heavy atom. The van der Waals surface area contributed by atoms with Crippen LogP contribution < -0.4 is 16.2 Å². The Morgan fingerprint density at radius 1 is 1.50 bits per heavy atom. The summed E-state index contributed by atoms with van der Waals surface area (Å²) in [6.07, 6.45) is 0.840. The van der Waals surface area contributed by atoms with E-state index in [-0.39, 0.29) is 6.54 Å². The van der Waals surface area contributed by atoms with Gasteiger partial charge in [-0.25, -0.2) is 0 Å². The molecule has 1 aromatic carbocycles. The van der Waals surface area contributed by atoms with Crippen molar-refractivity contribution in [2.45, 2.75) is 19.3 Å². The third kappa shape index (κ3) is 2.52. The van der Waals surface area contributed by atoms with Crippen molar-refractivity contribution in [2.75, 3.05) is 13.7 Å². The van der Waals surface area contributed by atoms with Gasteiger partial charge in [0.15, 0.2) is 0 Å². The highest BCUT2D eigenvalue weighted by Crippen LogP contribution is 2.24. The molecule has 0 fully saturated rings. The first-order valence-electron chi connectivity index (χ1n) is 5.30. The maximum atomic E-state index is 11.2. The normalized spacial score (nSPS) is 12.2. The van der Waals surface area contributed by atoms with Crippen LogP contribution in [0.25, 0.3) is 0 Å². The summed E-state index contributed by atoms with van der Waals surface area (Å²) in [6, 6.07) is 5.61. The number of carbonyl (C=O) groups excluding carboxylic acids is 1. The van der Waals surface area contributed by atoms with E-state index in [1.165, 1.54) is 0 Å². The molecule has 16 heavy (non-hydrogen) atoms. The summed E-state index contributed by atoms with van der Waals surface area (Å²) < 4.78 is 5.22. The smallest absolute Gasteiger partial charge is 0.226 e. The van der Waals surface area contributed by atoms with Gasteiger partial charge >= 0.3 is 0 Å².